The summed E-state index contributed by atoms with van der Waals surface area (Å²) in [5.74, 6) is 0.543. The monoisotopic (exact) mass is 359 g/mol. The van der Waals surface area contributed by atoms with Gasteiger partial charge in [-0.15, -0.1) is 0 Å². The summed E-state index contributed by atoms with van der Waals surface area (Å²) in [6.07, 6.45) is -0.0703. The highest BCUT2D eigenvalue weighted by molar-refractivity contribution is 5.87. The van der Waals surface area contributed by atoms with Gasteiger partial charge in [-0.25, -0.2) is 4.79 Å². The molecule has 0 saturated heterocycles. The van der Waals surface area contributed by atoms with Gasteiger partial charge in [-0.3, -0.25) is 0 Å². The summed E-state index contributed by atoms with van der Waals surface area (Å²) < 4.78 is 11.6. The van der Waals surface area contributed by atoms with E-state index in [1.54, 1.807) is 12.1 Å². The zero-order chi connectivity index (χ0) is 19.5. The van der Waals surface area contributed by atoms with Crippen LogP contribution >= 0.6 is 0 Å². The lowest BCUT2D eigenvalue weighted by molar-refractivity contribution is 0.0696. The molecule has 0 unspecified atom stereocenters. The van der Waals surface area contributed by atoms with Crippen LogP contribution in [0.25, 0.3) is 0 Å². The van der Waals surface area contributed by atoms with Gasteiger partial charge in [-0.05, 0) is 36.4 Å². The summed E-state index contributed by atoms with van der Waals surface area (Å²) in [4.78, 5) is 12.9. The molecule has 0 fully saturated rings. The van der Waals surface area contributed by atoms with Crippen LogP contribution in [0.3, 0.4) is 0 Å². The number of likely N-dealkylation sites (N-methyl/N-ethyl adjacent to an activating group) is 1. The fourth-order valence-corrected chi connectivity index (χ4v) is 2.46. The maximum atomic E-state index is 10.8. The third kappa shape index (κ3) is 5.69. The lowest BCUT2D eigenvalue weighted by Crippen LogP contribution is -2.41. The Morgan fingerprint density at radius 2 is 1.73 bits per heavy atom. The number of ether oxygens (including phenoxy) is 2. The quantitative estimate of drug-likeness (QED) is 0.856. The molecule has 5 heteroatoms. The third-order valence-corrected chi connectivity index (χ3v) is 3.58. The first kappa shape index (κ1) is 21.4. The van der Waals surface area contributed by atoms with Gasteiger partial charge in [0.25, 0.3) is 0 Å². The van der Waals surface area contributed by atoms with Gasteiger partial charge in [0.1, 0.15) is 24.2 Å². The van der Waals surface area contributed by atoms with Crippen molar-refractivity contribution in [1.82, 2.24) is 0 Å². The molecule has 1 atom stereocenters. The molecule has 1 aliphatic heterocycles. The number of anilines is 1. The van der Waals surface area contributed by atoms with E-state index in [2.05, 4.69) is 4.90 Å². The molecule has 0 saturated carbocycles. The Kier molecular flexibility index (Phi) is 9.06. The molecule has 1 heterocycles. The maximum Gasteiger partial charge on any atom is 0.335 e. The van der Waals surface area contributed by atoms with Gasteiger partial charge in [-0.1, -0.05) is 39.8 Å². The number of carboxylic acids is 1. The van der Waals surface area contributed by atoms with Crippen LogP contribution < -0.4 is 14.4 Å². The Balaban J connectivity index is 0.000000791. The number of hydrogen-bond acceptors (Lipinski definition) is 4. The van der Waals surface area contributed by atoms with Gasteiger partial charge in [0.05, 0.1) is 17.8 Å². The minimum absolute atomic E-state index is 0.0703. The van der Waals surface area contributed by atoms with Crippen LogP contribution in [0.5, 0.6) is 11.5 Å². The van der Waals surface area contributed by atoms with Crippen molar-refractivity contribution in [3.05, 3.63) is 54.1 Å². The standard InChI is InChI=1S/C17H17NO4.2C2H6/c1-18-10-14(22-16-5-3-2-4-15(16)18)11-21-13-8-6-12(7-9-13)17(19)20;2*1-2/h2-9,14H,10-11H2,1H3,(H,19,20);2*1-2H3/t14-;;/m0../s1. The van der Waals surface area contributed by atoms with Crippen LogP contribution in [0, 0.1) is 0 Å². The van der Waals surface area contributed by atoms with Crippen molar-refractivity contribution in [3.63, 3.8) is 0 Å². The van der Waals surface area contributed by atoms with Crippen LogP contribution in [-0.2, 0) is 0 Å². The van der Waals surface area contributed by atoms with Crippen LogP contribution in [0.2, 0.25) is 0 Å². The Hall–Kier alpha value is -2.69. The van der Waals surface area contributed by atoms with Crippen molar-refractivity contribution in [3.8, 4) is 11.5 Å². The lowest BCUT2D eigenvalue weighted by Gasteiger charge is -2.33. The van der Waals surface area contributed by atoms with Crippen LogP contribution in [0.15, 0.2) is 48.5 Å². The van der Waals surface area contributed by atoms with E-state index < -0.39 is 5.97 Å². The van der Waals surface area contributed by atoms with E-state index in [0.717, 1.165) is 18.0 Å². The Bertz CT molecular complexity index is 670. The Labute approximate surface area is 156 Å². The SMILES string of the molecule is CC.CC.CN1C[C@@H](COc2ccc(C(=O)O)cc2)Oc2ccccc21. The van der Waals surface area contributed by atoms with E-state index in [4.69, 9.17) is 14.6 Å². The van der Waals surface area contributed by atoms with Gasteiger partial charge in [0.15, 0.2) is 0 Å². The van der Waals surface area contributed by atoms with Crippen molar-refractivity contribution >= 4 is 11.7 Å². The average molecular weight is 359 g/mol. The fourth-order valence-electron chi connectivity index (χ4n) is 2.46. The topological polar surface area (TPSA) is 59.0 Å². The van der Waals surface area contributed by atoms with Gasteiger partial charge >= 0.3 is 5.97 Å². The number of benzene rings is 2. The first-order valence-electron chi connectivity index (χ1n) is 9.06. The van der Waals surface area contributed by atoms with Gasteiger partial charge < -0.3 is 19.5 Å². The molecule has 0 aromatic heterocycles. The number of rotatable bonds is 4. The Morgan fingerprint density at radius 1 is 1.12 bits per heavy atom. The van der Waals surface area contributed by atoms with Gasteiger partial charge in [-0.2, -0.15) is 0 Å². The maximum absolute atomic E-state index is 10.8. The molecule has 0 bridgehead atoms. The molecule has 1 N–H and O–H groups in total. The highest BCUT2D eigenvalue weighted by atomic mass is 16.5. The predicted molar refractivity (Wildman–Crippen MR) is 106 cm³/mol. The Morgan fingerprint density at radius 3 is 2.35 bits per heavy atom. The summed E-state index contributed by atoms with van der Waals surface area (Å²) in [6.45, 7) is 9.15. The minimum Gasteiger partial charge on any atom is -0.490 e. The van der Waals surface area contributed by atoms with Crippen molar-refractivity contribution in [2.75, 3.05) is 25.1 Å². The van der Waals surface area contributed by atoms with Crippen molar-refractivity contribution in [1.29, 1.82) is 0 Å². The highest BCUT2D eigenvalue weighted by Gasteiger charge is 2.23. The minimum atomic E-state index is -0.944. The zero-order valence-electron chi connectivity index (χ0n) is 16.2. The van der Waals surface area contributed by atoms with Crippen molar-refractivity contribution in [2.24, 2.45) is 0 Å². The molecule has 0 radical (unpaired) electrons. The number of aromatic carboxylic acids is 1. The summed E-state index contributed by atoms with van der Waals surface area (Å²) >= 11 is 0. The number of nitrogens with zero attached hydrogens (tertiary/aromatic N) is 1. The molecule has 1 aliphatic rings. The summed E-state index contributed by atoms with van der Waals surface area (Å²) in [7, 11) is 2.02. The van der Waals surface area contributed by atoms with E-state index in [-0.39, 0.29) is 11.7 Å². The molecule has 5 nitrogen and oxygen atoms in total. The van der Waals surface area contributed by atoms with Gasteiger partial charge in [0.2, 0.25) is 0 Å². The smallest absolute Gasteiger partial charge is 0.335 e. The van der Waals surface area contributed by atoms with E-state index in [1.165, 1.54) is 12.1 Å². The second kappa shape index (κ2) is 11.0. The third-order valence-electron chi connectivity index (χ3n) is 3.58. The molecule has 2 aromatic carbocycles. The van der Waals surface area contributed by atoms with Crippen molar-refractivity contribution < 1.29 is 19.4 Å². The van der Waals surface area contributed by atoms with E-state index in [9.17, 15) is 4.79 Å². The first-order chi connectivity index (χ1) is 12.6. The summed E-state index contributed by atoms with van der Waals surface area (Å²) in [5, 5.41) is 8.87. The molecule has 2 aromatic rings. The average Bonchev–Trinajstić information content (AvgIpc) is 2.70. The summed E-state index contributed by atoms with van der Waals surface area (Å²) in [5.41, 5.74) is 1.32. The van der Waals surface area contributed by atoms with Gasteiger partial charge in [0, 0.05) is 7.05 Å². The summed E-state index contributed by atoms with van der Waals surface area (Å²) in [6, 6.07) is 14.3. The lowest BCUT2D eigenvalue weighted by atomic mass is 10.2. The zero-order valence-corrected chi connectivity index (χ0v) is 16.2. The first-order valence-corrected chi connectivity index (χ1v) is 9.06. The predicted octanol–water partition coefficient (Wildman–Crippen LogP) is 4.71. The molecule has 3 rings (SSSR count). The second-order valence-electron chi connectivity index (χ2n) is 5.23. The largest absolute Gasteiger partial charge is 0.490 e. The second-order valence-corrected chi connectivity index (χ2v) is 5.23. The van der Waals surface area contributed by atoms with E-state index in [1.807, 2.05) is 59.0 Å². The number of hydrogen-bond donors (Lipinski definition) is 1. The van der Waals surface area contributed by atoms with Crippen molar-refractivity contribution in [2.45, 2.75) is 33.8 Å². The van der Waals surface area contributed by atoms with Crippen LogP contribution in [-0.4, -0.2) is 37.4 Å². The molecular formula is C21H29NO4. The van der Waals surface area contributed by atoms with E-state index in [0.29, 0.717) is 12.4 Å². The van der Waals surface area contributed by atoms with Crippen LogP contribution in [0.1, 0.15) is 38.1 Å². The van der Waals surface area contributed by atoms with E-state index >= 15 is 0 Å². The number of carbonyl (C=O) groups is 1. The number of fused-ring (bicyclic) bond motifs is 1. The highest BCUT2D eigenvalue weighted by Crippen LogP contribution is 2.31. The number of para-hydroxylation sites is 2. The molecular weight excluding hydrogens is 330 g/mol. The number of carboxylic acid groups (broad SMARTS) is 1. The molecule has 142 valence electrons. The van der Waals surface area contributed by atoms with Crippen LogP contribution in [0.4, 0.5) is 5.69 Å². The normalized spacial score (nSPS) is 14.5. The molecule has 0 spiro atoms. The molecule has 0 aliphatic carbocycles. The molecule has 26 heavy (non-hydrogen) atoms. The fraction of sp³-hybridized carbons (Fsp3) is 0.381. The molecule has 0 amide bonds.